The van der Waals surface area contributed by atoms with Crippen molar-refractivity contribution in [2.45, 2.75) is 13.8 Å². The molecule has 0 saturated heterocycles. The van der Waals surface area contributed by atoms with Crippen LogP contribution in [-0.4, -0.2) is 30.4 Å². The van der Waals surface area contributed by atoms with E-state index < -0.39 is 0 Å². The number of hydrogen-bond acceptors (Lipinski definition) is 6. The molecule has 1 N–H and O–H groups in total. The van der Waals surface area contributed by atoms with Crippen LogP contribution < -0.4 is 14.8 Å². The fourth-order valence-electron chi connectivity index (χ4n) is 2.80. The molecule has 0 aliphatic heterocycles. The molecule has 0 radical (unpaired) electrons. The Labute approximate surface area is 179 Å². The molecule has 0 aliphatic carbocycles. The topological polar surface area (TPSA) is 77.5 Å². The highest BCUT2D eigenvalue weighted by Gasteiger charge is 2.18. The standard InChI is InChI=1S/C23H22N2O4S/c1-4-8-16-11-12-18(19(13-16)28-3)29-14-20(27)24-23-25-21(22(30-23)15(2)26)17-9-6-5-7-10-17/h4-13H,14H2,1-3H3,(H,24,25,27)/b8-4+. The summed E-state index contributed by atoms with van der Waals surface area (Å²) < 4.78 is 11.0. The van der Waals surface area contributed by atoms with Gasteiger partial charge in [0, 0.05) is 12.5 Å². The van der Waals surface area contributed by atoms with Crippen LogP contribution >= 0.6 is 11.3 Å². The van der Waals surface area contributed by atoms with Gasteiger partial charge in [-0.3, -0.25) is 14.9 Å². The van der Waals surface area contributed by atoms with Crippen molar-refractivity contribution in [1.29, 1.82) is 0 Å². The Kier molecular flexibility index (Phi) is 6.98. The lowest BCUT2D eigenvalue weighted by molar-refractivity contribution is -0.118. The first-order valence-corrected chi connectivity index (χ1v) is 10.1. The van der Waals surface area contributed by atoms with Gasteiger partial charge in [0.1, 0.15) is 0 Å². The highest BCUT2D eigenvalue weighted by atomic mass is 32.1. The molecule has 7 heteroatoms. The van der Waals surface area contributed by atoms with E-state index in [1.165, 1.54) is 6.92 Å². The van der Waals surface area contributed by atoms with Gasteiger partial charge in [0.25, 0.3) is 5.91 Å². The van der Waals surface area contributed by atoms with Gasteiger partial charge < -0.3 is 9.47 Å². The predicted molar refractivity (Wildman–Crippen MR) is 119 cm³/mol. The summed E-state index contributed by atoms with van der Waals surface area (Å²) in [6.45, 7) is 3.20. The summed E-state index contributed by atoms with van der Waals surface area (Å²) in [5.74, 6) is 0.527. The van der Waals surface area contributed by atoms with Crippen molar-refractivity contribution in [3.63, 3.8) is 0 Å². The number of nitrogens with zero attached hydrogens (tertiary/aromatic N) is 1. The second kappa shape index (κ2) is 9.84. The van der Waals surface area contributed by atoms with Crippen LogP contribution in [0.5, 0.6) is 11.5 Å². The second-order valence-electron chi connectivity index (χ2n) is 6.37. The third kappa shape index (κ3) is 5.12. The maximum absolute atomic E-state index is 12.4. The number of methoxy groups -OCH3 is 1. The largest absolute Gasteiger partial charge is 0.493 e. The van der Waals surface area contributed by atoms with Gasteiger partial charge in [-0.15, -0.1) is 0 Å². The summed E-state index contributed by atoms with van der Waals surface area (Å²) in [5.41, 5.74) is 2.35. The van der Waals surface area contributed by atoms with Gasteiger partial charge in [-0.1, -0.05) is 59.9 Å². The molecule has 3 rings (SSSR count). The average Bonchev–Trinajstić information content (AvgIpc) is 3.17. The van der Waals surface area contributed by atoms with E-state index in [-0.39, 0.29) is 18.3 Å². The third-order valence-electron chi connectivity index (χ3n) is 4.15. The van der Waals surface area contributed by atoms with Crippen LogP contribution in [-0.2, 0) is 4.79 Å². The Balaban J connectivity index is 1.70. The first kappa shape index (κ1) is 21.3. The lowest BCUT2D eigenvalue weighted by Gasteiger charge is -2.11. The number of benzene rings is 2. The molecule has 2 aromatic carbocycles. The number of ketones is 1. The highest BCUT2D eigenvalue weighted by molar-refractivity contribution is 7.18. The van der Waals surface area contributed by atoms with E-state index in [9.17, 15) is 9.59 Å². The molecule has 6 nitrogen and oxygen atoms in total. The smallest absolute Gasteiger partial charge is 0.264 e. The fraction of sp³-hybridized carbons (Fsp3) is 0.174. The lowest BCUT2D eigenvalue weighted by atomic mass is 10.1. The summed E-state index contributed by atoms with van der Waals surface area (Å²) in [6, 6.07) is 14.9. The SMILES string of the molecule is C/C=C/c1ccc(OCC(=O)Nc2nc(-c3ccccc3)c(C(C)=O)s2)c(OC)c1. The number of carbonyl (C=O) groups excluding carboxylic acids is 2. The Morgan fingerprint density at radius 2 is 1.90 bits per heavy atom. The molecular formula is C23H22N2O4S. The zero-order valence-electron chi connectivity index (χ0n) is 17.0. The fourth-order valence-corrected chi connectivity index (χ4v) is 3.70. The highest BCUT2D eigenvalue weighted by Crippen LogP contribution is 2.32. The van der Waals surface area contributed by atoms with Gasteiger partial charge in [0.2, 0.25) is 0 Å². The van der Waals surface area contributed by atoms with Crippen molar-refractivity contribution < 1.29 is 19.1 Å². The Bertz CT molecular complexity index is 1070. The van der Waals surface area contributed by atoms with Crippen LogP contribution in [0, 0.1) is 0 Å². The van der Waals surface area contributed by atoms with Gasteiger partial charge >= 0.3 is 0 Å². The number of ether oxygens (including phenoxy) is 2. The minimum atomic E-state index is -0.377. The average molecular weight is 423 g/mol. The Hall–Kier alpha value is -3.45. The number of amides is 1. The first-order chi connectivity index (χ1) is 14.5. The molecule has 3 aromatic rings. The third-order valence-corrected chi connectivity index (χ3v) is 5.22. The normalized spacial score (nSPS) is 10.8. The van der Waals surface area contributed by atoms with E-state index >= 15 is 0 Å². The van der Waals surface area contributed by atoms with Crippen LogP contribution in [0.2, 0.25) is 0 Å². The van der Waals surface area contributed by atoms with Gasteiger partial charge in [-0.25, -0.2) is 4.98 Å². The number of Topliss-reactive ketones (excluding diaryl/α,β-unsaturated/α-hetero) is 1. The predicted octanol–water partition coefficient (Wildman–Crippen LogP) is 5.07. The number of aromatic nitrogens is 1. The first-order valence-electron chi connectivity index (χ1n) is 9.32. The summed E-state index contributed by atoms with van der Waals surface area (Å²) in [6.07, 6.45) is 3.87. The van der Waals surface area contributed by atoms with Gasteiger partial charge in [-0.05, 0) is 24.6 Å². The molecule has 0 unspecified atom stereocenters. The number of nitrogens with one attached hydrogen (secondary N) is 1. The maximum Gasteiger partial charge on any atom is 0.264 e. The molecule has 1 aromatic heterocycles. The van der Waals surface area contributed by atoms with Crippen LogP contribution in [0.3, 0.4) is 0 Å². The molecule has 0 spiro atoms. The molecule has 1 heterocycles. The van der Waals surface area contributed by atoms with Gasteiger partial charge in [0.05, 0.1) is 17.7 Å². The zero-order valence-corrected chi connectivity index (χ0v) is 17.8. The maximum atomic E-state index is 12.4. The Morgan fingerprint density at radius 1 is 1.13 bits per heavy atom. The van der Waals surface area contributed by atoms with Crippen LogP contribution in [0.4, 0.5) is 5.13 Å². The van der Waals surface area contributed by atoms with E-state index in [0.29, 0.717) is 27.2 Å². The molecule has 30 heavy (non-hydrogen) atoms. The summed E-state index contributed by atoms with van der Waals surface area (Å²) in [4.78, 5) is 29.3. The van der Waals surface area contributed by atoms with Gasteiger partial charge in [-0.2, -0.15) is 0 Å². The van der Waals surface area contributed by atoms with Crippen molar-refractivity contribution in [3.05, 3.63) is 65.0 Å². The van der Waals surface area contributed by atoms with Crippen molar-refractivity contribution in [2.75, 3.05) is 19.0 Å². The van der Waals surface area contributed by atoms with Crippen molar-refractivity contribution in [1.82, 2.24) is 4.98 Å². The van der Waals surface area contributed by atoms with E-state index in [2.05, 4.69) is 10.3 Å². The van der Waals surface area contributed by atoms with E-state index in [0.717, 1.165) is 22.5 Å². The second-order valence-corrected chi connectivity index (χ2v) is 7.37. The summed E-state index contributed by atoms with van der Waals surface area (Å²) in [5, 5.41) is 3.06. The van der Waals surface area contributed by atoms with E-state index in [1.807, 2.05) is 61.5 Å². The van der Waals surface area contributed by atoms with Crippen LogP contribution in [0.15, 0.2) is 54.6 Å². The molecule has 0 bridgehead atoms. The number of rotatable bonds is 8. The van der Waals surface area contributed by atoms with E-state index in [1.54, 1.807) is 13.2 Å². The number of thiazole rings is 1. The van der Waals surface area contributed by atoms with Gasteiger partial charge in [0.15, 0.2) is 29.0 Å². The molecule has 0 saturated carbocycles. The minimum Gasteiger partial charge on any atom is -0.493 e. The van der Waals surface area contributed by atoms with Crippen LogP contribution in [0.25, 0.3) is 17.3 Å². The summed E-state index contributed by atoms with van der Waals surface area (Å²) >= 11 is 1.15. The minimum absolute atomic E-state index is 0.103. The molecule has 0 atom stereocenters. The molecular weight excluding hydrogens is 400 g/mol. The summed E-state index contributed by atoms with van der Waals surface area (Å²) in [7, 11) is 1.55. The molecule has 0 aliphatic rings. The van der Waals surface area contributed by atoms with Crippen molar-refractivity contribution >= 4 is 34.2 Å². The number of allylic oxidation sites excluding steroid dienone is 1. The monoisotopic (exact) mass is 422 g/mol. The number of anilines is 1. The molecule has 0 fully saturated rings. The van der Waals surface area contributed by atoms with Crippen molar-refractivity contribution in [2.24, 2.45) is 0 Å². The molecule has 1 amide bonds. The number of carbonyl (C=O) groups is 2. The number of hydrogen-bond donors (Lipinski definition) is 1. The van der Waals surface area contributed by atoms with Crippen molar-refractivity contribution in [3.8, 4) is 22.8 Å². The Morgan fingerprint density at radius 3 is 2.57 bits per heavy atom. The quantitative estimate of drug-likeness (QED) is 0.513. The zero-order chi connectivity index (χ0) is 21.5. The van der Waals surface area contributed by atoms with E-state index in [4.69, 9.17) is 9.47 Å². The molecule has 154 valence electrons. The van der Waals surface area contributed by atoms with Crippen LogP contribution in [0.1, 0.15) is 29.1 Å². The lowest BCUT2D eigenvalue weighted by Crippen LogP contribution is -2.20.